The van der Waals surface area contributed by atoms with Crippen LogP contribution in [0.15, 0.2) is 11.4 Å². The molecule has 0 bridgehead atoms. The van der Waals surface area contributed by atoms with Gasteiger partial charge in [0.2, 0.25) is 31.0 Å². The van der Waals surface area contributed by atoms with Crippen molar-refractivity contribution in [3.05, 3.63) is 11.4 Å². The first-order valence-corrected chi connectivity index (χ1v) is 24.2. The topological polar surface area (TPSA) is 255 Å². The minimum Gasteiger partial charge on any atom is -0.391 e. The quantitative estimate of drug-likeness (QED) is 0.0718. The molecule has 15 nitrogen and oxygen atoms in total. The Balaban J connectivity index is 2.32. The third-order valence-electron chi connectivity index (χ3n) is 10.5. The summed E-state index contributed by atoms with van der Waals surface area (Å²) in [6, 6.07) is -3.50. The molecule has 55 heavy (non-hydrogen) atoms. The number of hydrogen-bond acceptors (Lipinski definition) is 11. The smallest absolute Gasteiger partial charge is 0.295 e. The number of amides is 4. The van der Waals surface area contributed by atoms with Gasteiger partial charge in [0.05, 0.1) is 24.3 Å². The van der Waals surface area contributed by atoms with E-state index in [1.807, 2.05) is 0 Å². The van der Waals surface area contributed by atoms with Gasteiger partial charge < -0.3 is 42.4 Å². The van der Waals surface area contributed by atoms with Gasteiger partial charge >= 0.3 is 0 Å². The predicted molar refractivity (Wildman–Crippen MR) is 218 cm³/mol. The molecule has 0 saturated heterocycles. The first-order valence-electron chi connectivity index (χ1n) is 20.3. The maximum atomic E-state index is 14.9. The predicted octanol–water partition coefficient (Wildman–Crippen LogP) is 3.12. The monoisotopic (exact) mass is 819 g/mol. The number of nitrogens with one attached hydrogen (secondary N) is 4. The van der Waals surface area contributed by atoms with Crippen LogP contribution in [0.25, 0.3) is 0 Å². The second kappa shape index (κ2) is 23.4. The Hall–Kier alpha value is -1.96. The summed E-state index contributed by atoms with van der Waals surface area (Å²) in [5.74, 6) is -1.06. The van der Waals surface area contributed by atoms with Gasteiger partial charge in [0.15, 0.2) is 0 Å². The lowest BCUT2D eigenvalue weighted by molar-refractivity contribution is -0.131. The normalized spacial score (nSPS) is 20.2. The number of hydrogen-bond donors (Lipinski definition) is 9. The van der Waals surface area contributed by atoms with Crippen LogP contribution in [-0.2, 0) is 28.3 Å². The van der Waals surface area contributed by atoms with Crippen LogP contribution in [0.3, 0.4) is 0 Å². The van der Waals surface area contributed by atoms with Crippen LogP contribution in [0.5, 0.6) is 0 Å². The molecule has 2 rings (SSSR count). The Kier molecular flexibility index (Phi) is 21.0. The molecule has 0 aromatic heterocycles. The molecule has 2 fully saturated rings. The van der Waals surface area contributed by atoms with Crippen LogP contribution in [-0.4, -0.2) is 106 Å². The molecule has 0 spiro atoms. The zero-order valence-electron chi connectivity index (χ0n) is 34.3. The lowest BCUT2D eigenvalue weighted by atomic mass is 9.91. The summed E-state index contributed by atoms with van der Waals surface area (Å²) >= 11 is 0. The van der Waals surface area contributed by atoms with Crippen molar-refractivity contribution in [1.29, 1.82) is 0 Å². The lowest BCUT2D eigenvalue weighted by Crippen LogP contribution is -2.55. The number of aliphatic hydroxyl groups is 1. The van der Waals surface area contributed by atoms with Crippen molar-refractivity contribution in [3.8, 4) is 0 Å². The molecule has 0 heterocycles. The molecule has 0 radical (unpaired) electrons. The van der Waals surface area contributed by atoms with Crippen molar-refractivity contribution in [2.45, 2.75) is 149 Å². The second-order valence-corrected chi connectivity index (χ2v) is 21.6. The van der Waals surface area contributed by atoms with Crippen molar-refractivity contribution in [3.63, 3.8) is 0 Å². The van der Waals surface area contributed by atoms with E-state index in [4.69, 9.17) is 16.0 Å². The van der Waals surface area contributed by atoms with Gasteiger partial charge in [0.1, 0.15) is 30.2 Å². The minimum atomic E-state index is -3.76. The Bertz CT molecular complexity index is 1320. The van der Waals surface area contributed by atoms with Gasteiger partial charge in [0, 0.05) is 19.3 Å². The van der Waals surface area contributed by atoms with Gasteiger partial charge in [-0.25, -0.2) is 9.79 Å². The summed E-state index contributed by atoms with van der Waals surface area (Å²) in [5.41, 5.74) is 12.9. The zero-order chi connectivity index (χ0) is 41.5. The van der Waals surface area contributed by atoms with Crippen LogP contribution in [0.1, 0.15) is 113 Å². The highest BCUT2D eigenvalue weighted by Gasteiger charge is 2.41. The van der Waals surface area contributed by atoms with Crippen LogP contribution in [0.4, 0.5) is 0 Å². The Morgan fingerprint density at radius 3 is 1.85 bits per heavy atom. The Morgan fingerprint density at radius 1 is 0.782 bits per heavy atom. The molecule has 0 aromatic rings. The van der Waals surface area contributed by atoms with E-state index in [0.717, 1.165) is 69.8 Å². The maximum Gasteiger partial charge on any atom is 0.295 e. The van der Waals surface area contributed by atoms with Gasteiger partial charge in [-0.05, 0) is 74.7 Å². The van der Waals surface area contributed by atoms with Crippen molar-refractivity contribution < 1.29 is 43.2 Å². The molecule has 17 heteroatoms. The average Bonchev–Trinajstić information content (AvgIpc) is 3.10. The van der Waals surface area contributed by atoms with E-state index < -0.39 is 75.1 Å². The number of rotatable bonds is 22. The van der Waals surface area contributed by atoms with E-state index in [2.05, 4.69) is 21.3 Å². The highest BCUT2D eigenvalue weighted by molar-refractivity contribution is 7.67. The Labute approximate surface area is 329 Å². The summed E-state index contributed by atoms with van der Waals surface area (Å²) in [6.45, 7) is 11.7. The van der Waals surface area contributed by atoms with E-state index >= 15 is 0 Å². The largest absolute Gasteiger partial charge is 0.391 e. The van der Waals surface area contributed by atoms with E-state index in [1.165, 1.54) is 12.7 Å². The molecule has 7 atom stereocenters. The molecule has 1 unspecified atom stereocenters. The number of carbonyl (C=O) groups excluding carboxylic acids is 4. The fourth-order valence-electron chi connectivity index (χ4n) is 6.96. The first kappa shape index (κ1) is 49.2. The molecule has 318 valence electrons. The summed E-state index contributed by atoms with van der Waals surface area (Å²) < 4.78 is 21.3. The third kappa shape index (κ3) is 18.0. The van der Waals surface area contributed by atoms with Gasteiger partial charge in [-0.2, -0.15) is 0 Å². The third-order valence-corrected chi connectivity index (χ3v) is 15.0. The molecule has 2 aliphatic rings. The number of carbonyl (C=O) groups is 4. The van der Waals surface area contributed by atoms with Crippen LogP contribution >= 0.6 is 15.1 Å². The van der Waals surface area contributed by atoms with Gasteiger partial charge in [-0.15, -0.1) is 0 Å². The second-order valence-electron chi connectivity index (χ2n) is 16.9. The molecular weight excluding hydrogens is 746 g/mol. The minimum absolute atomic E-state index is 0.0508. The van der Waals surface area contributed by atoms with E-state index in [-0.39, 0.29) is 55.2 Å². The van der Waals surface area contributed by atoms with Crippen molar-refractivity contribution in [2.24, 2.45) is 35.1 Å². The summed E-state index contributed by atoms with van der Waals surface area (Å²) in [4.78, 5) is 74.3. The fourth-order valence-corrected chi connectivity index (χ4v) is 11.8. The molecule has 0 aliphatic heterocycles. The Morgan fingerprint density at radius 2 is 1.31 bits per heavy atom. The zero-order valence-corrected chi connectivity index (χ0v) is 36.1. The lowest BCUT2D eigenvalue weighted by Gasteiger charge is -2.32. The van der Waals surface area contributed by atoms with Crippen molar-refractivity contribution >= 4 is 38.7 Å². The highest BCUT2D eigenvalue weighted by Crippen LogP contribution is 2.58. The van der Waals surface area contributed by atoms with E-state index in [9.17, 15) is 38.6 Å². The average molecular weight is 820 g/mol. The highest BCUT2D eigenvalue weighted by atomic mass is 31.2. The van der Waals surface area contributed by atoms with Crippen LogP contribution in [0.2, 0.25) is 0 Å². The summed E-state index contributed by atoms with van der Waals surface area (Å²) in [7, 11) is -7.51. The van der Waals surface area contributed by atoms with Gasteiger partial charge in [0.25, 0.3) is 7.72 Å². The molecule has 11 N–H and O–H groups in total. The maximum absolute atomic E-state index is 14.9. The molecule has 2 saturated carbocycles. The molecule has 4 amide bonds. The summed E-state index contributed by atoms with van der Waals surface area (Å²) in [5, 5.41) is 21.9. The van der Waals surface area contributed by atoms with Crippen LogP contribution < -0.4 is 32.7 Å². The molecule has 2 aliphatic carbocycles. The van der Waals surface area contributed by atoms with Crippen molar-refractivity contribution in [2.75, 3.05) is 31.6 Å². The van der Waals surface area contributed by atoms with E-state index in [1.54, 1.807) is 41.5 Å². The number of aliphatic hydroxyl groups excluding tert-OH is 1. The van der Waals surface area contributed by atoms with Crippen LogP contribution in [0, 0.1) is 23.7 Å². The molecular formula is C38H73N6O9P2+. The molecule has 0 aromatic carbocycles. The standard InChI is InChI=1S/C38H72N6O9P2/c1-24(2)32(39)36(47)43-27(7)35(46)41-18-30(45)22-55(52,21-29-16-12-9-13-17-29)53-31(23-54(50,51)20-28-14-10-8-11-15-28)19-42-38(49)34(26(5)6)44-37(48)33(40)25(3)4/h20,24-27,29-34,45,50-51H,8-19,21-23,39-40H2,1-7H3,(H3-,41,42,43,44,46,47,48,49)/p+1/t27-,30-,31-,32-,33-,34+,55?/m1/s1. The van der Waals surface area contributed by atoms with E-state index in [0.29, 0.717) is 0 Å². The first-order chi connectivity index (χ1) is 25.6. The number of allylic oxidation sites excluding steroid dienone is 1. The summed E-state index contributed by atoms with van der Waals surface area (Å²) in [6.07, 6.45) is 6.21. The van der Waals surface area contributed by atoms with Crippen molar-refractivity contribution in [1.82, 2.24) is 21.3 Å². The SMILES string of the molecule is CC(C)[C@H](NC(=O)[C@H](N)C(C)C)C(=O)NC[C@H](C[P+](O)(O)C=C1CCCCC1)OP(=O)(CC1CCCCC1)C[C@H](O)CNC(=O)[C@@H](C)NC(=O)[C@H](N)C(C)C. The van der Waals surface area contributed by atoms with Gasteiger partial charge in [-0.1, -0.05) is 67.2 Å². The van der Waals surface area contributed by atoms with Gasteiger partial charge in [-0.3, -0.25) is 23.7 Å². The number of nitrogens with two attached hydrogens (primary N) is 2. The fraction of sp³-hybridized carbons (Fsp3) is 0.842.